The quantitative estimate of drug-likeness (QED) is 0.638. The minimum absolute atomic E-state index is 0.461. The number of nitrogens with two attached hydrogens (primary N) is 1. The molecule has 3 amide bonds. The summed E-state index contributed by atoms with van der Waals surface area (Å²) in [7, 11) is 0. The van der Waals surface area contributed by atoms with E-state index in [0.29, 0.717) is 18.0 Å². The minimum atomic E-state index is -0.921. The molecule has 0 fully saturated rings. The summed E-state index contributed by atoms with van der Waals surface area (Å²) in [6.45, 7) is 3.37. The van der Waals surface area contributed by atoms with E-state index in [1.54, 1.807) is 24.3 Å². The van der Waals surface area contributed by atoms with Gasteiger partial charge in [0.2, 0.25) is 0 Å². The van der Waals surface area contributed by atoms with Gasteiger partial charge in [-0.2, -0.15) is 0 Å². The largest absolute Gasteiger partial charge is 0.494 e. The Bertz CT molecular complexity index is 530. The number of ether oxygens (including phenoxy) is 2. The van der Waals surface area contributed by atoms with Gasteiger partial charge in [-0.1, -0.05) is 0 Å². The fourth-order valence-electron chi connectivity index (χ4n) is 1.53. The maximum atomic E-state index is 11.6. The highest BCUT2D eigenvalue weighted by atomic mass is 16.5. The van der Waals surface area contributed by atoms with Crippen LogP contribution in [0.3, 0.4) is 0 Å². The number of urea groups is 1. The molecule has 22 heavy (non-hydrogen) atoms. The summed E-state index contributed by atoms with van der Waals surface area (Å²) < 4.78 is 10.0. The Morgan fingerprint density at radius 3 is 2.41 bits per heavy atom. The molecule has 4 N–H and O–H groups in total. The maximum Gasteiger partial charge on any atom is 0.328 e. The van der Waals surface area contributed by atoms with Gasteiger partial charge in [-0.3, -0.25) is 4.79 Å². The van der Waals surface area contributed by atoms with Crippen molar-refractivity contribution in [2.45, 2.75) is 19.9 Å². The number of benzene rings is 1. The van der Waals surface area contributed by atoms with Crippen LogP contribution in [0.2, 0.25) is 0 Å². The monoisotopic (exact) mass is 309 g/mol. The number of nitrogens with one attached hydrogen (secondary N) is 2. The lowest BCUT2D eigenvalue weighted by atomic mass is 10.3. The molecule has 0 saturated carbocycles. The molecular formula is C14H19N3O5. The van der Waals surface area contributed by atoms with Crippen molar-refractivity contribution >= 4 is 23.6 Å². The number of carbonyl (C=O) groups is 3. The average molecular weight is 309 g/mol. The first kappa shape index (κ1) is 17.3. The maximum absolute atomic E-state index is 11.6. The molecule has 1 atom stereocenters. The Labute approximate surface area is 128 Å². The molecule has 1 aromatic rings. The molecule has 0 radical (unpaired) electrons. The van der Waals surface area contributed by atoms with Gasteiger partial charge in [0.1, 0.15) is 11.8 Å². The second-order valence-corrected chi connectivity index (χ2v) is 4.34. The number of esters is 1. The van der Waals surface area contributed by atoms with Crippen LogP contribution in [0.1, 0.15) is 13.8 Å². The van der Waals surface area contributed by atoms with Crippen molar-refractivity contribution in [1.29, 1.82) is 0 Å². The summed E-state index contributed by atoms with van der Waals surface area (Å²) in [6.07, 6.45) is 0. The third-order valence-corrected chi connectivity index (χ3v) is 2.51. The zero-order chi connectivity index (χ0) is 16.5. The summed E-state index contributed by atoms with van der Waals surface area (Å²) in [6, 6.07) is 5.00. The van der Waals surface area contributed by atoms with E-state index in [9.17, 15) is 14.4 Å². The van der Waals surface area contributed by atoms with Crippen LogP contribution >= 0.6 is 0 Å². The van der Waals surface area contributed by atoms with Gasteiger partial charge < -0.3 is 25.8 Å². The highest BCUT2D eigenvalue weighted by Crippen LogP contribution is 2.15. The van der Waals surface area contributed by atoms with Crippen molar-refractivity contribution in [3.8, 4) is 5.75 Å². The Balaban J connectivity index is 2.39. The summed E-state index contributed by atoms with van der Waals surface area (Å²) in [5.41, 5.74) is 5.42. The lowest BCUT2D eigenvalue weighted by Crippen LogP contribution is -2.43. The third-order valence-electron chi connectivity index (χ3n) is 2.51. The predicted molar refractivity (Wildman–Crippen MR) is 79.4 cm³/mol. The van der Waals surface area contributed by atoms with Gasteiger partial charge in [0.05, 0.1) is 6.61 Å². The van der Waals surface area contributed by atoms with E-state index in [1.165, 1.54) is 6.92 Å². The van der Waals surface area contributed by atoms with Gasteiger partial charge in [-0.05, 0) is 38.1 Å². The molecule has 8 nitrogen and oxygen atoms in total. The van der Waals surface area contributed by atoms with Crippen LogP contribution in [-0.4, -0.2) is 37.2 Å². The fraction of sp³-hybridized carbons (Fsp3) is 0.357. The van der Waals surface area contributed by atoms with Crippen molar-refractivity contribution in [3.63, 3.8) is 0 Å². The Hall–Kier alpha value is -2.77. The number of hydrogen-bond acceptors (Lipinski definition) is 5. The van der Waals surface area contributed by atoms with E-state index in [-0.39, 0.29) is 0 Å². The highest BCUT2D eigenvalue weighted by Gasteiger charge is 2.16. The minimum Gasteiger partial charge on any atom is -0.494 e. The van der Waals surface area contributed by atoms with Gasteiger partial charge in [-0.15, -0.1) is 0 Å². The van der Waals surface area contributed by atoms with Crippen molar-refractivity contribution in [2.24, 2.45) is 5.73 Å². The molecular weight excluding hydrogens is 290 g/mol. The zero-order valence-electron chi connectivity index (χ0n) is 12.4. The molecule has 0 heterocycles. The van der Waals surface area contributed by atoms with Gasteiger partial charge in [-0.25, -0.2) is 9.59 Å². The summed E-state index contributed by atoms with van der Waals surface area (Å²) in [5, 5.41) is 4.72. The van der Waals surface area contributed by atoms with Crippen LogP contribution < -0.4 is 21.1 Å². The van der Waals surface area contributed by atoms with E-state index in [2.05, 4.69) is 10.6 Å². The van der Waals surface area contributed by atoms with E-state index in [1.807, 2.05) is 6.92 Å². The smallest absolute Gasteiger partial charge is 0.328 e. The van der Waals surface area contributed by atoms with Gasteiger partial charge in [0.25, 0.3) is 5.91 Å². The highest BCUT2D eigenvalue weighted by molar-refractivity contribution is 5.93. The Kier molecular flexibility index (Phi) is 6.68. The van der Waals surface area contributed by atoms with Crippen molar-refractivity contribution in [3.05, 3.63) is 24.3 Å². The number of anilines is 1. The van der Waals surface area contributed by atoms with Crippen LogP contribution in [0.25, 0.3) is 0 Å². The standard InChI is InChI=1S/C14H19N3O5/c1-3-21-11-6-4-10(5-7-11)17-12(18)8-22-13(19)9(2)16-14(15)20/h4-7,9H,3,8H2,1-2H3,(H,17,18)(H3,15,16,20)/t9-/m1/s1. The van der Waals surface area contributed by atoms with Crippen LogP contribution in [0.5, 0.6) is 5.75 Å². The topological polar surface area (TPSA) is 120 Å². The van der Waals surface area contributed by atoms with Crippen molar-refractivity contribution in [2.75, 3.05) is 18.5 Å². The molecule has 0 aliphatic carbocycles. The van der Waals surface area contributed by atoms with E-state index < -0.39 is 30.6 Å². The second-order valence-electron chi connectivity index (χ2n) is 4.34. The first-order chi connectivity index (χ1) is 10.4. The van der Waals surface area contributed by atoms with E-state index in [4.69, 9.17) is 15.2 Å². The molecule has 120 valence electrons. The Morgan fingerprint density at radius 2 is 1.86 bits per heavy atom. The van der Waals surface area contributed by atoms with Gasteiger partial charge in [0.15, 0.2) is 6.61 Å². The first-order valence-corrected chi connectivity index (χ1v) is 6.67. The number of hydrogen-bond donors (Lipinski definition) is 3. The predicted octanol–water partition coefficient (Wildman–Crippen LogP) is 0.624. The SMILES string of the molecule is CCOc1ccc(NC(=O)COC(=O)[C@@H](C)NC(N)=O)cc1. The zero-order valence-corrected chi connectivity index (χ0v) is 12.4. The normalized spacial score (nSPS) is 11.2. The van der Waals surface area contributed by atoms with Crippen molar-refractivity contribution < 1.29 is 23.9 Å². The summed E-state index contributed by atoms with van der Waals surface area (Å²) >= 11 is 0. The lowest BCUT2D eigenvalue weighted by molar-refractivity contribution is -0.148. The average Bonchev–Trinajstić information content (AvgIpc) is 2.46. The first-order valence-electron chi connectivity index (χ1n) is 6.67. The number of rotatable bonds is 7. The summed E-state index contributed by atoms with van der Waals surface area (Å²) in [4.78, 5) is 33.7. The fourth-order valence-corrected chi connectivity index (χ4v) is 1.53. The van der Waals surface area contributed by atoms with E-state index in [0.717, 1.165) is 0 Å². The van der Waals surface area contributed by atoms with Crippen LogP contribution in [0.15, 0.2) is 24.3 Å². The van der Waals surface area contributed by atoms with Crippen molar-refractivity contribution in [1.82, 2.24) is 5.32 Å². The third kappa shape index (κ3) is 6.12. The van der Waals surface area contributed by atoms with Gasteiger partial charge >= 0.3 is 12.0 Å². The lowest BCUT2D eigenvalue weighted by Gasteiger charge is -2.12. The molecule has 1 rings (SSSR count). The molecule has 0 unspecified atom stereocenters. The molecule has 8 heteroatoms. The summed E-state index contributed by atoms with van der Waals surface area (Å²) in [5.74, 6) is -0.553. The number of primary amides is 1. The molecule has 0 aliphatic rings. The molecule has 0 bridgehead atoms. The Morgan fingerprint density at radius 1 is 1.23 bits per heavy atom. The van der Waals surface area contributed by atoms with Crippen LogP contribution in [0.4, 0.5) is 10.5 Å². The molecule has 0 spiro atoms. The van der Waals surface area contributed by atoms with E-state index >= 15 is 0 Å². The number of carbonyl (C=O) groups excluding carboxylic acids is 3. The van der Waals surface area contributed by atoms with Crippen LogP contribution in [0, 0.1) is 0 Å². The molecule has 0 aromatic heterocycles. The number of amides is 3. The second kappa shape index (κ2) is 8.50. The molecule has 0 aliphatic heterocycles. The molecule has 1 aromatic carbocycles. The van der Waals surface area contributed by atoms with Crippen LogP contribution in [-0.2, 0) is 14.3 Å². The molecule has 0 saturated heterocycles. The van der Waals surface area contributed by atoms with Gasteiger partial charge in [0, 0.05) is 5.69 Å².